The fourth-order valence-corrected chi connectivity index (χ4v) is 9.95. The number of ether oxygens (including phenoxy) is 5. The number of esters is 3. The van der Waals surface area contributed by atoms with Crippen molar-refractivity contribution in [3.05, 3.63) is 48.6 Å². The maximum Gasteiger partial charge on any atom is 0.335 e. The first kappa shape index (κ1) is 73.7. The Morgan fingerprint density at radius 1 is 0.430 bits per heavy atom. The van der Waals surface area contributed by atoms with Gasteiger partial charge in [-0.2, -0.15) is 0 Å². The molecule has 79 heavy (non-hydrogen) atoms. The normalized spacial score (nSPS) is 18.1. The Labute approximate surface area is 482 Å². The number of aliphatic hydroxyl groups is 2. The standard InChI is InChI=1S/C67H118O12/c1-4-7-10-13-16-19-22-24-26-28-30-32-34-36-39-41-44-47-50-53-59(68)75-56-58(77-60(69)54-51-48-45-42-38-21-18-15-12-9-6-3)57-76-67-65(63(72)62(71)64(79-67)66(73)74)78-61(70)55-52-49-46-43-40-37-35-33-31-29-27-25-23-20-17-14-11-8-5-2/h7,10,16,19,24,26,30,32,58,62-65,67,71-72H,4-6,8-9,11-15,17-18,20-23,25,27-29,31,33-57H2,1-3H3,(H,73,74)/b10-7-,19-16-,26-24-,32-30-. The lowest BCUT2D eigenvalue weighted by Crippen LogP contribution is -2.61. The summed E-state index contributed by atoms with van der Waals surface area (Å²) >= 11 is 0. The highest BCUT2D eigenvalue weighted by molar-refractivity contribution is 5.74. The molecule has 458 valence electrons. The number of carbonyl (C=O) groups is 4. The SMILES string of the molecule is CC/C=C\C/C=C\C/C=C\C/C=C\CCCCCCCCC(=O)OCC(COC1OC(C(=O)O)C(O)C(O)C1OC(=O)CCCCCCCCCCCCCCCCCCCCC)OC(=O)CCCCCCCCCCCCC. The Hall–Kier alpha value is -3.32. The van der Waals surface area contributed by atoms with Crippen LogP contribution < -0.4 is 0 Å². The van der Waals surface area contributed by atoms with Crippen LogP contribution in [0.5, 0.6) is 0 Å². The van der Waals surface area contributed by atoms with Gasteiger partial charge in [0.2, 0.25) is 0 Å². The number of hydrogen-bond donors (Lipinski definition) is 3. The maximum absolute atomic E-state index is 13.1. The van der Waals surface area contributed by atoms with Crippen LogP contribution in [0.3, 0.4) is 0 Å². The summed E-state index contributed by atoms with van der Waals surface area (Å²) in [5.41, 5.74) is 0. The average molecular weight is 1120 g/mol. The van der Waals surface area contributed by atoms with Crippen molar-refractivity contribution in [1.82, 2.24) is 0 Å². The molecule has 0 aliphatic carbocycles. The Morgan fingerprint density at radius 2 is 0.797 bits per heavy atom. The summed E-state index contributed by atoms with van der Waals surface area (Å²) in [4.78, 5) is 51.2. The van der Waals surface area contributed by atoms with E-state index in [0.717, 1.165) is 103 Å². The molecule has 1 aliphatic rings. The van der Waals surface area contributed by atoms with Gasteiger partial charge in [0.15, 0.2) is 24.6 Å². The quantitative estimate of drug-likeness (QED) is 0.0228. The Bertz CT molecular complexity index is 1560. The van der Waals surface area contributed by atoms with Crippen molar-refractivity contribution in [2.24, 2.45) is 0 Å². The van der Waals surface area contributed by atoms with Crippen LogP contribution in [-0.2, 0) is 42.9 Å². The molecule has 12 heteroatoms. The highest BCUT2D eigenvalue weighted by atomic mass is 16.7. The highest BCUT2D eigenvalue weighted by Gasteiger charge is 2.50. The van der Waals surface area contributed by atoms with Gasteiger partial charge in [-0.1, -0.05) is 275 Å². The van der Waals surface area contributed by atoms with Crippen molar-refractivity contribution in [3.8, 4) is 0 Å². The molecule has 0 radical (unpaired) electrons. The van der Waals surface area contributed by atoms with Gasteiger partial charge in [-0.15, -0.1) is 0 Å². The van der Waals surface area contributed by atoms with Gasteiger partial charge in [0.25, 0.3) is 0 Å². The molecular formula is C67H118O12. The van der Waals surface area contributed by atoms with E-state index in [4.69, 9.17) is 23.7 Å². The summed E-state index contributed by atoms with van der Waals surface area (Å²) in [5, 5.41) is 31.6. The zero-order valence-corrected chi connectivity index (χ0v) is 50.6. The number of carboxylic acid groups (broad SMARTS) is 1. The van der Waals surface area contributed by atoms with E-state index < -0.39 is 67.3 Å². The minimum atomic E-state index is -1.90. The van der Waals surface area contributed by atoms with Crippen LogP contribution >= 0.6 is 0 Å². The number of carboxylic acids is 1. The molecule has 1 rings (SSSR count). The van der Waals surface area contributed by atoms with Gasteiger partial charge in [-0.05, 0) is 57.8 Å². The number of rotatable bonds is 56. The molecular weight excluding hydrogens is 997 g/mol. The lowest BCUT2D eigenvalue weighted by molar-refractivity contribution is -0.301. The largest absolute Gasteiger partial charge is 0.479 e. The van der Waals surface area contributed by atoms with Crippen LogP contribution in [0.25, 0.3) is 0 Å². The van der Waals surface area contributed by atoms with Gasteiger partial charge in [-0.25, -0.2) is 4.79 Å². The molecule has 3 N–H and O–H groups in total. The predicted octanol–water partition coefficient (Wildman–Crippen LogP) is 17.3. The number of carbonyl (C=O) groups excluding carboxylic acids is 3. The first-order valence-electron chi connectivity index (χ1n) is 32.6. The summed E-state index contributed by atoms with van der Waals surface area (Å²) in [7, 11) is 0. The summed E-state index contributed by atoms with van der Waals surface area (Å²) in [6, 6.07) is 0. The average Bonchev–Trinajstić information content (AvgIpc) is 3.48. The third-order valence-corrected chi connectivity index (χ3v) is 14.9. The first-order valence-corrected chi connectivity index (χ1v) is 32.6. The second kappa shape index (κ2) is 55.2. The minimum Gasteiger partial charge on any atom is -0.479 e. The fourth-order valence-electron chi connectivity index (χ4n) is 9.95. The first-order chi connectivity index (χ1) is 38.6. The molecule has 0 amide bonds. The zero-order valence-electron chi connectivity index (χ0n) is 50.6. The van der Waals surface area contributed by atoms with E-state index in [1.165, 1.54) is 141 Å². The van der Waals surface area contributed by atoms with E-state index in [9.17, 15) is 34.5 Å². The molecule has 0 aromatic heterocycles. The number of aliphatic hydroxyl groups excluding tert-OH is 2. The number of allylic oxidation sites excluding steroid dienone is 8. The number of aliphatic carboxylic acids is 1. The predicted molar refractivity (Wildman–Crippen MR) is 322 cm³/mol. The molecule has 6 atom stereocenters. The number of unbranched alkanes of at least 4 members (excludes halogenated alkanes) is 34. The molecule has 6 unspecified atom stereocenters. The summed E-state index contributed by atoms with van der Waals surface area (Å²) in [6.45, 7) is 5.90. The third-order valence-electron chi connectivity index (χ3n) is 14.9. The van der Waals surface area contributed by atoms with Crippen molar-refractivity contribution in [2.75, 3.05) is 13.2 Å². The van der Waals surface area contributed by atoms with Gasteiger partial charge in [0.1, 0.15) is 18.8 Å². The second-order valence-corrected chi connectivity index (χ2v) is 22.4. The van der Waals surface area contributed by atoms with Crippen LogP contribution in [-0.4, -0.2) is 89.2 Å². The molecule has 1 aliphatic heterocycles. The Kier molecular flexibility index (Phi) is 51.5. The summed E-state index contributed by atoms with van der Waals surface area (Å²) < 4.78 is 28.5. The van der Waals surface area contributed by atoms with Crippen LogP contribution in [0, 0.1) is 0 Å². The topological polar surface area (TPSA) is 175 Å². The van der Waals surface area contributed by atoms with Crippen LogP contribution in [0.15, 0.2) is 48.6 Å². The molecule has 0 aromatic carbocycles. The summed E-state index contributed by atoms with van der Waals surface area (Å²) in [5.74, 6) is -3.11. The van der Waals surface area contributed by atoms with Crippen molar-refractivity contribution in [3.63, 3.8) is 0 Å². The minimum absolute atomic E-state index is 0.0647. The lowest BCUT2D eigenvalue weighted by atomic mass is 9.98. The van der Waals surface area contributed by atoms with Crippen LogP contribution in [0.4, 0.5) is 0 Å². The van der Waals surface area contributed by atoms with Crippen molar-refractivity contribution < 1.29 is 58.2 Å². The van der Waals surface area contributed by atoms with E-state index in [0.29, 0.717) is 19.3 Å². The van der Waals surface area contributed by atoms with Crippen molar-refractivity contribution in [1.29, 1.82) is 0 Å². The third kappa shape index (κ3) is 45.0. The second-order valence-electron chi connectivity index (χ2n) is 22.4. The highest BCUT2D eigenvalue weighted by Crippen LogP contribution is 2.27. The Balaban J connectivity index is 2.61. The molecule has 0 spiro atoms. The molecule has 1 saturated heterocycles. The van der Waals surface area contributed by atoms with Gasteiger partial charge in [0, 0.05) is 19.3 Å². The zero-order chi connectivity index (χ0) is 57.5. The number of hydrogen-bond acceptors (Lipinski definition) is 11. The van der Waals surface area contributed by atoms with Gasteiger partial charge < -0.3 is 39.0 Å². The fraction of sp³-hybridized carbons (Fsp3) is 0.821. The van der Waals surface area contributed by atoms with Gasteiger partial charge >= 0.3 is 23.9 Å². The molecule has 1 fully saturated rings. The van der Waals surface area contributed by atoms with E-state index in [2.05, 4.69) is 69.4 Å². The van der Waals surface area contributed by atoms with Crippen molar-refractivity contribution >= 4 is 23.9 Å². The van der Waals surface area contributed by atoms with E-state index >= 15 is 0 Å². The molecule has 0 bridgehead atoms. The van der Waals surface area contributed by atoms with E-state index in [1.54, 1.807) is 0 Å². The van der Waals surface area contributed by atoms with Gasteiger partial charge in [0.05, 0.1) is 6.61 Å². The van der Waals surface area contributed by atoms with E-state index in [1.807, 2.05) is 0 Å². The monoisotopic (exact) mass is 1110 g/mol. The Morgan fingerprint density at radius 3 is 1.22 bits per heavy atom. The van der Waals surface area contributed by atoms with Crippen LogP contribution in [0.1, 0.15) is 303 Å². The van der Waals surface area contributed by atoms with Crippen LogP contribution in [0.2, 0.25) is 0 Å². The summed E-state index contributed by atoms with van der Waals surface area (Å²) in [6.07, 6.45) is 55.0. The molecule has 1 heterocycles. The molecule has 0 saturated carbocycles. The van der Waals surface area contributed by atoms with Gasteiger partial charge in [-0.3, -0.25) is 14.4 Å². The lowest BCUT2D eigenvalue weighted by Gasteiger charge is -2.40. The maximum atomic E-state index is 13.1. The van der Waals surface area contributed by atoms with E-state index in [-0.39, 0.29) is 25.9 Å². The molecule has 12 nitrogen and oxygen atoms in total. The molecule has 0 aromatic rings. The smallest absolute Gasteiger partial charge is 0.335 e. The van der Waals surface area contributed by atoms with Crippen molar-refractivity contribution in [2.45, 2.75) is 340 Å².